The number of carbonyl (C=O) groups is 1. The maximum atomic E-state index is 11.5. The van der Waals surface area contributed by atoms with Gasteiger partial charge in [0.05, 0.1) is 13.7 Å². The molecule has 2 N–H and O–H groups in total. The molecular weight excluding hydrogens is 445 g/mol. The Balaban J connectivity index is 0.00000338. The van der Waals surface area contributed by atoms with Crippen molar-refractivity contribution in [3.63, 3.8) is 0 Å². The minimum Gasteiger partial charge on any atom is -0.481 e. The minimum atomic E-state index is 0. The summed E-state index contributed by atoms with van der Waals surface area (Å²) < 4.78 is 5.16. The molecule has 0 atom stereocenters. The van der Waals surface area contributed by atoms with Gasteiger partial charge in [0.25, 0.3) is 0 Å². The number of pyridine rings is 1. The molecule has 0 saturated carbocycles. The number of piperidine rings is 1. The summed E-state index contributed by atoms with van der Waals surface area (Å²) in [4.78, 5) is 22.7. The Hall–Kier alpha value is -1.58. The van der Waals surface area contributed by atoms with Crippen LogP contribution < -0.4 is 15.4 Å². The number of hydrogen-bond acceptors (Lipinski definition) is 4. The first-order chi connectivity index (χ1) is 12.2. The third kappa shape index (κ3) is 6.97. The van der Waals surface area contributed by atoms with E-state index in [9.17, 15) is 4.79 Å². The molecular formula is C18H30IN5O2. The smallest absolute Gasteiger partial charge is 0.220 e. The molecule has 8 heteroatoms. The molecule has 1 aliphatic heterocycles. The van der Waals surface area contributed by atoms with Gasteiger partial charge in [-0.05, 0) is 37.3 Å². The summed E-state index contributed by atoms with van der Waals surface area (Å²) in [5.41, 5.74) is 1.07. The van der Waals surface area contributed by atoms with E-state index in [0.717, 1.165) is 44.0 Å². The summed E-state index contributed by atoms with van der Waals surface area (Å²) in [6.45, 7) is 5.33. The summed E-state index contributed by atoms with van der Waals surface area (Å²) in [5.74, 6) is 2.12. The van der Waals surface area contributed by atoms with E-state index in [-0.39, 0.29) is 29.9 Å². The second-order valence-electron chi connectivity index (χ2n) is 6.18. The fourth-order valence-corrected chi connectivity index (χ4v) is 2.97. The zero-order chi connectivity index (χ0) is 18.1. The lowest BCUT2D eigenvalue weighted by molar-refractivity contribution is -0.121. The van der Waals surface area contributed by atoms with E-state index in [1.165, 1.54) is 0 Å². The number of carbonyl (C=O) groups excluding carboxylic acids is 1. The van der Waals surface area contributed by atoms with Crippen molar-refractivity contribution < 1.29 is 9.53 Å². The van der Waals surface area contributed by atoms with E-state index in [2.05, 4.69) is 27.4 Å². The van der Waals surface area contributed by atoms with Crippen molar-refractivity contribution in [2.24, 2.45) is 10.9 Å². The van der Waals surface area contributed by atoms with Gasteiger partial charge in [-0.25, -0.2) is 9.98 Å². The van der Waals surface area contributed by atoms with Crippen LogP contribution in [0.5, 0.6) is 5.88 Å². The highest BCUT2D eigenvalue weighted by Gasteiger charge is 2.23. The highest BCUT2D eigenvalue weighted by molar-refractivity contribution is 14.0. The van der Waals surface area contributed by atoms with Crippen molar-refractivity contribution in [2.75, 3.05) is 33.8 Å². The van der Waals surface area contributed by atoms with E-state index < -0.39 is 0 Å². The van der Waals surface area contributed by atoms with E-state index >= 15 is 0 Å². The van der Waals surface area contributed by atoms with Gasteiger partial charge in [-0.3, -0.25) is 4.79 Å². The fourth-order valence-electron chi connectivity index (χ4n) is 2.97. The molecule has 1 saturated heterocycles. The largest absolute Gasteiger partial charge is 0.481 e. The molecule has 0 aromatic carbocycles. The lowest BCUT2D eigenvalue weighted by Gasteiger charge is -2.34. The van der Waals surface area contributed by atoms with Crippen LogP contribution in [0.25, 0.3) is 0 Å². The van der Waals surface area contributed by atoms with Crippen molar-refractivity contribution in [3.8, 4) is 5.88 Å². The van der Waals surface area contributed by atoms with Crippen LogP contribution >= 0.6 is 24.0 Å². The Morgan fingerprint density at radius 3 is 2.77 bits per heavy atom. The maximum Gasteiger partial charge on any atom is 0.220 e. The first-order valence-electron chi connectivity index (χ1n) is 8.89. The number of aromatic nitrogens is 1. The molecule has 0 radical (unpaired) electrons. The first kappa shape index (κ1) is 22.5. The van der Waals surface area contributed by atoms with Gasteiger partial charge in [0.1, 0.15) is 0 Å². The average molecular weight is 475 g/mol. The summed E-state index contributed by atoms with van der Waals surface area (Å²) in [6, 6.07) is 3.86. The van der Waals surface area contributed by atoms with Crippen LogP contribution in [-0.2, 0) is 11.3 Å². The molecule has 146 valence electrons. The van der Waals surface area contributed by atoms with Crippen molar-refractivity contribution in [3.05, 3.63) is 23.9 Å². The minimum absolute atomic E-state index is 0. The van der Waals surface area contributed by atoms with Crippen LogP contribution in [0, 0.1) is 5.92 Å². The number of ether oxygens (including phenoxy) is 1. The topological polar surface area (TPSA) is 78.9 Å². The van der Waals surface area contributed by atoms with Crippen LogP contribution in [0.4, 0.5) is 0 Å². The normalized spacial score (nSPS) is 15.2. The number of aliphatic imine (C=N–C) groups is 1. The Bertz CT molecular complexity index is 589. The second-order valence-corrected chi connectivity index (χ2v) is 6.18. The second kappa shape index (κ2) is 11.9. The van der Waals surface area contributed by atoms with Crippen LogP contribution in [-0.4, -0.2) is 55.5 Å². The molecule has 0 bridgehead atoms. The molecule has 2 rings (SSSR count). The summed E-state index contributed by atoms with van der Waals surface area (Å²) in [6.07, 6.45) is 4.39. The average Bonchev–Trinajstić information content (AvgIpc) is 2.66. The number of nitrogens with zero attached hydrogens (tertiary/aromatic N) is 3. The van der Waals surface area contributed by atoms with Crippen molar-refractivity contribution in [1.82, 2.24) is 20.5 Å². The van der Waals surface area contributed by atoms with Gasteiger partial charge < -0.3 is 20.3 Å². The van der Waals surface area contributed by atoms with Gasteiger partial charge >= 0.3 is 0 Å². The molecule has 0 aliphatic carbocycles. The van der Waals surface area contributed by atoms with Crippen molar-refractivity contribution in [1.29, 1.82) is 0 Å². The lowest BCUT2D eigenvalue weighted by atomic mass is 9.93. The van der Waals surface area contributed by atoms with Crippen LogP contribution in [0.2, 0.25) is 0 Å². The lowest BCUT2D eigenvalue weighted by Crippen LogP contribution is -2.46. The van der Waals surface area contributed by atoms with E-state index in [1.807, 2.05) is 12.1 Å². The van der Waals surface area contributed by atoms with Crippen LogP contribution in [0.1, 0.15) is 31.7 Å². The molecule has 1 aromatic rings. The quantitative estimate of drug-likeness (QED) is 0.374. The number of guanidine groups is 1. The number of nitrogens with one attached hydrogen (secondary N) is 2. The molecule has 1 aliphatic rings. The number of likely N-dealkylation sites (tertiary alicyclic amines) is 1. The van der Waals surface area contributed by atoms with Gasteiger partial charge in [0.2, 0.25) is 11.8 Å². The molecule has 2 heterocycles. The van der Waals surface area contributed by atoms with Gasteiger partial charge in [0, 0.05) is 45.4 Å². The highest BCUT2D eigenvalue weighted by Crippen LogP contribution is 2.20. The fraction of sp³-hybridized carbons (Fsp3) is 0.611. The first-order valence-corrected chi connectivity index (χ1v) is 8.89. The highest BCUT2D eigenvalue weighted by atomic mass is 127. The predicted molar refractivity (Wildman–Crippen MR) is 114 cm³/mol. The maximum absolute atomic E-state index is 11.5. The van der Waals surface area contributed by atoms with E-state index in [4.69, 9.17) is 9.73 Å². The van der Waals surface area contributed by atoms with E-state index in [0.29, 0.717) is 24.8 Å². The van der Waals surface area contributed by atoms with Gasteiger partial charge in [-0.1, -0.05) is 0 Å². The van der Waals surface area contributed by atoms with Crippen LogP contribution in [0.15, 0.2) is 23.3 Å². The summed E-state index contributed by atoms with van der Waals surface area (Å²) in [5, 5.41) is 6.08. The predicted octanol–water partition coefficient (Wildman–Crippen LogP) is 2.02. The van der Waals surface area contributed by atoms with Crippen molar-refractivity contribution >= 4 is 35.8 Å². The third-order valence-electron chi connectivity index (χ3n) is 4.42. The van der Waals surface area contributed by atoms with E-state index in [1.54, 1.807) is 20.4 Å². The zero-order valence-electron chi connectivity index (χ0n) is 15.8. The Kier molecular flexibility index (Phi) is 10.3. The standard InChI is InChI=1S/C18H29N5O2.HI/c1-4-20-18(22-13-15-5-8-21-17(12-15)25-3)23-9-6-14(7-10-23)11-16(24)19-2;/h5,8,12,14H,4,6-7,9-11,13H2,1-3H3,(H,19,24)(H,20,22);1H. The van der Waals surface area contributed by atoms with Crippen molar-refractivity contribution in [2.45, 2.75) is 32.7 Å². The number of halogens is 1. The van der Waals surface area contributed by atoms with Gasteiger partial charge in [-0.2, -0.15) is 0 Å². The Morgan fingerprint density at radius 2 is 2.15 bits per heavy atom. The third-order valence-corrected chi connectivity index (χ3v) is 4.42. The number of hydrogen-bond donors (Lipinski definition) is 2. The Morgan fingerprint density at radius 1 is 1.42 bits per heavy atom. The molecule has 1 aromatic heterocycles. The molecule has 0 unspecified atom stereocenters. The van der Waals surface area contributed by atoms with Gasteiger partial charge in [-0.15, -0.1) is 24.0 Å². The number of rotatable bonds is 6. The Labute approximate surface area is 173 Å². The molecule has 1 fully saturated rings. The zero-order valence-corrected chi connectivity index (χ0v) is 18.2. The molecule has 0 spiro atoms. The SMILES string of the molecule is CCNC(=NCc1ccnc(OC)c1)N1CCC(CC(=O)NC)CC1.I. The molecule has 7 nitrogen and oxygen atoms in total. The summed E-state index contributed by atoms with van der Waals surface area (Å²) in [7, 11) is 3.31. The number of amides is 1. The van der Waals surface area contributed by atoms with Gasteiger partial charge in [0.15, 0.2) is 5.96 Å². The molecule has 26 heavy (non-hydrogen) atoms. The summed E-state index contributed by atoms with van der Waals surface area (Å²) >= 11 is 0. The van der Waals surface area contributed by atoms with Crippen LogP contribution in [0.3, 0.4) is 0 Å². The monoisotopic (exact) mass is 475 g/mol. The molecule has 1 amide bonds. The number of methoxy groups -OCH3 is 1.